The van der Waals surface area contributed by atoms with Gasteiger partial charge in [-0.25, -0.2) is 8.97 Å². The molecular weight excluding hydrogens is 378 g/mol. The lowest BCUT2D eigenvalue weighted by Crippen LogP contribution is -2.27. The van der Waals surface area contributed by atoms with Crippen molar-refractivity contribution >= 4 is 39.1 Å². The third-order valence-electron chi connectivity index (χ3n) is 4.95. The average Bonchev–Trinajstić information content (AvgIpc) is 3.24. The molecule has 6 nitrogen and oxygen atoms in total. The summed E-state index contributed by atoms with van der Waals surface area (Å²) in [6, 6.07) is 9.73. The van der Waals surface area contributed by atoms with Crippen LogP contribution in [0.15, 0.2) is 40.3 Å². The van der Waals surface area contributed by atoms with Crippen LogP contribution in [-0.4, -0.2) is 43.4 Å². The van der Waals surface area contributed by atoms with Crippen LogP contribution in [0.2, 0.25) is 0 Å². The third kappa shape index (κ3) is 2.55. The molecular formula is C19H19N5OS2. The predicted octanol–water partition coefficient (Wildman–Crippen LogP) is 3.19. The molecule has 0 spiro atoms. The van der Waals surface area contributed by atoms with Crippen LogP contribution in [0.5, 0.6) is 0 Å². The second-order valence-corrected chi connectivity index (χ2v) is 9.01. The molecule has 1 aliphatic rings. The van der Waals surface area contributed by atoms with E-state index >= 15 is 0 Å². The van der Waals surface area contributed by atoms with E-state index in [2.05, 4.69) is 33.5 Å². The number of thioether (sulfide) groups is 1. The highest BCUT2D eigenvalue weighted by atomic mass is 32.2. The summed E-state index contributed by atoms with van der Waals surface area (Å²) < 4.78 is 3.78. The molecule has 8 heteroatoms. The molecule has 0 fully saturated rings. The molecule has 138 valence electrons. The van der Waals surface area contributed by atoms with Crippen LogP contribution in [0.4, 0.5) is 0 Å². The summed E-state index contributed by atoms with van der Waals surface area (Å²) >= 11 is 3.36. The van der Waals surface area contributed by atoms with E-state index in [1.807, 2.05) is 30.3 Å². The minimum Gasteiger partial charge on any atom is -0.301 e. The first-order chi connectivity index (χ1) is 13.2. The van der Waals surface area contributed by atoms with Crippen LogP contribution < -0.4 is 5.56 Å². The molecule has 1 aliphatic heterocycles. The normalized spacial score (nSPS) is 14.9. The van der Waals surface area contributed by atoms with Crippen LogP contribution in [0.1, 0.15) is 17.4 Å². The van der Waals surface area contributed by atoms with Gasteiger partial charge in [0.1, 0.15) is 4.83 Å². The van der Waals surface area contributed by atoms with Gasteiger partial charge in [-0.05, 0) is 36.9 Å². The van der Waals surface area contributed by atoms with Crippen LogP contribution in [0, 0.1) is 0 Å². The Balaban J connectivity index is 1.95. The zero-order valence-corrected chi connectivity index (χ0v) is 16.8. The van der Waals surface area contributed by atoms with Crippen LogP contribution in [-0.2, 0) is 13.0 Å². The van der Waals surface area contributed by atoms with E-state index in [0.29, 0.717) is 5.78 Å². The summed E-state index contributed by atoms with van der Waals surface area (Å²) in [5, 5.41) is 10.5. The van der Waals surface area contributed by atoms with Gasteiger partial charge in [-0.1, -0.05) is 36.9 Å². The Morgan fingerprint density at radius 3 is 2.81 bits per heavy atom. The van der Waals surface area contributed by atoms with E-state index in [1.165, 1.54) is 10.4 Å². The van der Waals surface area contributed by atoms with Crippen molar-refractivity contribution in [2.45, 2.75) is 25.0 Å². The number of nitrogens with zero attached hydrogens (tertiary/aromatic N) is 5. The van der Waals surface area contributed by atoms with Crippen LogP contribution in [0.3, 0.4) is 0 Å². The van der Waals surface area contributed by atoms with Gasteiger partial charge in [-0.2, -0.15) is 0 Å². The van der Waals surface area contributed by atoms with Gasteiger partial charge in [0.15, 0.2) is 5.16 Å². The van der Waals surface area contributed by atoms with E-state index in [9.17, 15) is 4.79 Å². The number of rotatable bonds is 3. The molecule has 0 saturated heterocycles. The SMILES string of the molecule is CCSc1nnc2n(-c3ccccc3)c(=O)c3c4c(sc3n12)CN(C)CC4. The first kappa shape index (κ1) is 17.0. The standard InChI is InChI=1S/C19H19N5OS2/c1-3-26-19-21-20-18-23(12-7-5-4-6-8-12)16(25)15-13-9-10-22(2)11-14(13)27-17(15)24(18)19/h4-8H,3,9-11H2,1-2H3. The molecule has 0 atom stereocenters. The number of fused-ring (bicyclic) bond motifs is 5. The molecule has 1 aromatic carbocycles. The smallest absolute Gasteiger partial charge is 0.268 e. The minimum absolute atomic E-state index is 0.00574. The summed E-state index contributed by atoms with van der Waals surface area (Å²) in [6.45, 7) is 3.96. The maximum Gasteiger partial charge on any atom is 0.268 e. The minimum atomic E-state index is 0.00574. The van der Waals surface area contributed by atoms with Crippen molar-refractivity contribution in [3.8, 4) is 5.69 Å². The van der Waals surface area contributed by atoms with Gasteiger partial charge in [0.2, 0.25) is 5.78 Å². The third-order valence-corrected chi connectivity index (χ3v) is 6.97. The predicted molar refractivity (Wildman–Crippen MR) is 110 cm³/mol. The molecule has 4 heterocycles. The molecule has 0 aliphatic carbocycles. The maximum atomic E-state index is 13.6. The van der Waals surface area contributed by atoms with Crippen LogP contribution in [0.25, 0.3) is 21.7 Å². The Morgan fingerprint density at radius 1 is 1.22 bits per heavy atom. The van der Waals surface area contributed by atoms with Gasteiger partial charge in [0.25, 0.3) is 5.56 Å². The molecule has 0 unspecified atom stereocenters. The Morgan fingerprint density at radius 2 is 2.04 bits per heavy atom. The van der Waals surface area contributed by atoms with Gasteiger partial charge in [0.05, 0.1) is 11.1 Å². The summed E-state index contributed by atoms with van der Waals surface area (Å²) in [5.41, 5.74) is 2.03. The molecule has 4 aromatic rings. The van der Waals surface area contributed by atoms with Crippen molar-refractivity contribution in [1.29, 1.82) is 0 Å². The van der Waals surface area contributed by atoms with Gasteiger partial charge in [-0.3, -0.25) is 4.79 Å². The Labute approximate surface area is 164 Å². The van der Waals surface area contributed by atoms with E-state index in [4.69, 9.17) is 0 Å². The van der Waals surface area contributed by atoms with Crippen molar-refractivity contribution < 1.29 is 0 Å². The molecule has 0 amide bonds. The monoisotopic (exact) mass is 397 g/mol. The highest BCUT2D eigenvalue weighted by molar-refractivity contribution is 7.99. The first-order valence-corrected chi connectivity index (χ1v) is 10.8. The average molecular weight is 398 g/mol. The Hall–Kier alpha value is -2.16. The summed E-state index contributed by atoms with van der Waals surface area (Å²) in [7, 11) is 2.13. The highest BCUT2D eigenvalue weighted by Crippen LogP contribution is 2.35. The lowest BCUT2D eigenvalue weighted by atomic mass is 10.1. The van der Waals surface area contributed by atoms with Gasteiger partial charge < -0.3 is 4.90 Å². The van der Waals surface area contributed by atoms with E-state index in [-0.39, 0.29) is 5.56 Å². The summed E-state index contributed by atoms with van der Waals surface area (Å²) in [6.07, 6.45) is 0.903. The topological polar surface area (TPSA) is 55.4 Å². The quantitative estimate of drug-likeness (QED) is 0.497. The summed E-state index contributed by atoms with van der Waals surface area (Å²) in [5.74, 6) is 1.49. The van der Waals surface area contributed by atoms with Gasteiger partial charge in [-0.15, -0.1) is 21.5 Å². The van der Waals surface area contributed by atoms with Crippen molar-refractivity contribution in [2.75, 3.05) is 19.3 Å². The Bertz CT molecular complexity index is 1210. The second-order valence-electron chi connectivity index (χ2n) is 6.70. The largest absolute Gasteiger partial charge is 0.301 e. The lowest BCUT2D eigenvalue weighted by molar-refractivity contribution is 0.318. The molecule has 0 bridgehead atoms. The van der Waals surface area contributed by atoms with Crippen molar-refractivity contribution in [3.05, 3.63) is 51.1 Å². The molecule has 0 saturated carbocycles. The van der Waals surface area contributed by atoms with E-state index < -0.39 is 0 Å². The molecule has 3 aromatic heterocycles. The fourth-order valence-corrected chi connectivity index (χ4v) is 5.85. The van der Waals surface area contributed by atoms with Crippen molar-refractivity contribution in [1.82, 2.24) is 24.1 Å². The van der Waals surface area contributed by atoms with Gasteiger partial charge >= 0.3 is 0 Å². The molecule has 0 radical (unpaired) electrons. The number of likely N-dealkylation sites (N-methyl/N-ethyl adjacent to an activating group) is 1. The summed E-state index contributed by atoms with van der Waals surface area (Å²) in [4.78, 5) is 18.2. The number of thiophene rings is 1. The fourth-order valence-electron chi connectivity index (χ4n) is 3.71. The van der Waals surface area contributed by atoms with Crippen molar-refractivity contribution in [2.24, 2.45) is 0 Å². The maximum absolute atomic E-state index is 13.6. The van der Waals surface area contributed by atoms with Crippen molar-refractivity contribution in [3.63, 3.8) is 0 Å². The zero-order valence-electron chi connectivity index (χ0n) is 15.2. The molecule has 27 heavy (non-hydrogen) atoms. The van der Waals surface area contributed by atoms with E-state index in [0.717, 1.165) is 46.3 Å². The second kappa shape index (κ2) is 6.47. The Kier molecular flexibility index (Phi) is 4.07. The van der Waals surface area contributed by atoms with Crippen LogP contribution >= 0.6 is 23.1 Å². The highest BCUT2D eigenvalue weighted by Gasteiger charge is 2.26. The lowest BCUT2D eigenvalue weighted by Gasteiger charge is -2.21. The van der Waals surface area contributed by atoms with E-state index in [1.54, 1.807) is 27.7 Å². The van der Waals surface area contributed by atoms with Gasteiger partial charge in [0, 0.05) is 18.0 Å². The fraction of sp³-hybridized carbons (Fsp3) is 0.316. The first-order valence-electron chi connectivity index (χ1n) is 9.00. The zero-order chi connectivity index (χ0) is 18.5. The number of benzene rings is 1. The number of para-hydroxylation sites is 1. The molecule has 0 N–H and O–H groups in total. The number of hydrogen-bond acceptors (Lipinski definition) is 6. The number of aromatic nitrogens is 4. The number of hydrogen-bond donors (Lipinski definition) is 0. The molecule has 5 rings (SSSR count).